The van der Waals surface area contributed by atoms with Crippen LogP contribution in [0, 0.1) is 0 Å². The van der Waals surface area contributed by atoms with Crippen LogP contribution in [0.1, 0.15) is 26.2 Å². The molecule has 0 radical (unpaired) electrons. The summed E-state index contributed by atoms with van der Waals surface area (Å²) in [6.45, 7) is 5.12. The number of nitrogens with zero attached hydrogens (tertiary/aromatic N) is 2. The number of amides is 2. The van der Waals surface area contributed by atoms with Gasteiger partial charge in [0.15, 0.2) is 0 Å². The largest absolute Gasteiger partial charge is 0.369 e. The summed E-state index contributed by atoms with van der Waals surface area (Å²) in [5.74, 6) is -0.296. The monoisotopic (exact) mass is 256 g/mol. The number of carbonyl (C=O) groups excluding carboxylic acids is 2. The topological polar surface area (TPSA) is 92.7 Å². The molecular weight excluding hydrogens is 232 g/mol. The lowest BCUT2D eigenvalue weighted by molar-refractivity contribution is -0.132. The first kappa shape index (κ1) is 14.9. The second kappa shape index (κ2) is 7.33. The number of primary amides is 1. The van der Waals surface area contributed by atoms with Crippen molar-refractivity contribution in [3.8, 4) is 0 Å². The maximum absolute atomic E-state index is 12.1. The number of nitrogens with two attached hydrogens (primary N) is 2. The minimum atomic E-state index is -0.391. The van der Waals surface area contributed by atoms with Crippen molar-refractivity contribution in [1.29, 1.82) is 0 Å². The van der Waals surface area contributed by atoms with Gasteiger partial charge in [0, 0.05) is 26.2 Å². The first-order chi connectivity index (χ1) is 8.54. The van der Waals surface area contributed by atoms with Crippen LogP contribution in [0.25, 0.3) is 0 Å². The van der Waals surface area contributed by atoms with Crippen LogP contribution in [-0.4, -0.2) is 60.4 Å². The molecule has 6 nitrogen and oxygen atoms in total. The standard InChI is InChI=1S/C12H24N4O2/c1-2-4-10(13)12(18)16-6-3-5-15(7-8-16)9-11(14)17/h10H,2-9,13H2,1H3,(H2,14,17)/t10-/m0/s1. The molecule has 0 unspecified atom stereocenters. The molecule has 6 heteroatoms. The molecule has 0 aromatic rings. The number of rotatable bonds is 5. The van der Waals surface area contributed by atoms with E-state index in [-0.39, 0.29) is 18.4 Å². The van der Waals surface area contributed by atoms with Gasteiger partial charge < -0.3 is 16.4 Å². The molecule has 0 saturated carbocycles. The third-order valence-electron chi connectivity index (χ3n) is 3.20. The first-order valence-corrected chi connectivity index (χ1v) is 6.59. The SMILES string of the molecule is CCC[C@H](N)C(=O)N1CCCN(CC(N)=O)CC1. The highest BCUT2D eigenvalue weighted by Gasteiger charge is 2.23. The zero-order valence-corrected chi connectivity index (χ0v) is 11.1. The van der Waals surface area contributed by atoms with Crippen molar-refractivity contribution in [1.82, 2.24) is 9.80 Å². The molecule has 1 aliphatic rings. The Morgan fingerprint density at radius 1 is 1.22 bits per heavy atom. The second-order valence-electron chi connectivity index (χ2n) is 4.82. The summed E-state index contributed by atoms with van der Waals surface area (Å²) in [6, 6.07) is -0.391. The van der Waals surface area contributed by atoms with Gasteiger partial charge in [-0.25, -0.2) is 0 Å². The van der Waals surface area contributed by atoms with Crippen molar-refractivity contribution in [3.05, 3.63) is 0 Å². The Morgan fingerprint density at radius 3 is 2.56 bits per heavy atom. The molecule has 1 atom stereocenters. The van der Waals surface area contributed by atoms with Crippen molar-refractivity contribution in [2.45, 2.75) is 32.2 Å². The van der Waals surface area contributed by atoms with Gasteiger partial charge in [-0.2, -0.15) is 0 Å². The third-order valence-corrected chi connectivity index (χ3v) is 3.20. The predicted molar refractivity (Wildman–Crippen MR) is 69.7 cm³/mol. The molecule has 0 aliphatic carbocycles. The van der Waals surface area contributed by atoms with Crippen molar-refractivity contribution in [2.24, 2.45) is 11.5 Å². The maximum atomic E-state index is 12.1. The summed E-state index contributed by atoms with van der Waals surface area (Å²) in [6.07, 6.45) is 2.49. The summed E-state index contributed by atoms with van der Waals surface area (Å²) in [5, 5.41) is 0. The highest BCUT2D eigenvalue weighted by atomic mass is 16.2. The highest BCUT2D eigenvalue weighted by molar-refractivity contribution is 5.81. The Morgan fingerprint density at radius 2 is 1.94 bits per heavy atom. The van der Waals surface area contributed by atoms with E-state index in [9.17, 15) is 9.59 Å². The van der Waals surface area contributed by atoms with Crippen LogP contribution >= 0.6 is 0 Å². The second-order valence-corrected chi connectivity index (χ2v) is 4.82. The normalized spacial score (nSPS) is 19.3. The Hall–Kier alpha value is -1.14. The maximum Gasteiger partial charge on any atom is 0.239 e. The lowest BCUT2D eigenvalue weighted by atomic mass is 10.1. The molecule has 1 rings (SSSR count). The molecule has 1 saturated heterocycles. The zero-order chi connectivity index (χ0) is 13.5. The van der Waals surface area contributed by atoms with Crippen LogP contribution in [0.3, 0.4) is 0 Å². The fourth-order valence-corrected chi connectivity index (χ4v) is 2.24. The summed E-state index contributed by atoms with van der Waals surface area (Å²) < 4.78 is 0. The van der Waals surface area contributed by atoms with E-state index in [1.807, 2.05) is 11.8 Å². The Labute approximate surface area is 108 Å². The van der Waals surface area contributed by atoms with Gasteiger partial charge in [-0.15, -0.1) is 0 Å². The van der Waals surface area contributed by atoms with Gasteiger partial charge in [-0.3, -0.25) is 14.5 Å². The van der Waals surface area contributed by atoms with Crippen LogP contribution < -0.4 is 11.5 Å². The molecule has 104 valence electrons. The minimum Gasteiger partial charge on any atom is -0.369 e. The zero-order valence-electron chi connectivity index (χ0n) is 11.1. The van der Waals surface area contributed by atoms with Gasteiger partial charge in [0.2, 0.25) is 11.8 Å². The molecule has 1 heterocycles. The van der Waals surface area contributed by atoms with Gasteiger partial charge in [0.05, 0.1) is 12.6 Å². The van der Waals surface area contributed by atoms with Crippen LogP contribution in [0.2, 0.25) is 0 Å². The van der Waals surface area contributed by atoms with Gasteiger partial charge >= 0.3 is 0 Å². The lowest BCUT2D eigenvalue weighted by Crippen LogP contribution is -2.45. The van der Waals surface area contributed by atoms with E-state index < -0.39 is 6.04 Å². The molecule has 0 spiro atoms. The molecule has 18 heavy (non-hydrogen) atoms. The van der Waals surface area contributed by atoms with Crippen molar-refractivity contribution >= 4 is 11.8 Å². The van der Waals surface area contributed by atoms with Crippen LogP contribution in [-0.2, 0) is 9.59 Å². The minimum absolute atomic E-state index is 0.0257. The fraction of sp³-hybridized carbons (Fsp3) is 0.833. The van der Waals surface area contributed by atoms with Crippen LogP contribution in [0.4, 0.5) is 0 Å². The van der Waals surface area contributed by atoms with Crippen molar-refractivity contribution < 1.29 is 9.59 Å². The van der Waals surface area contributed by atoms with E-state index in [4.69, 9.17) is 11.5 Å². The van der Waals surface area contributed by atoms with Gasteiger partial charge in [0.1, 0.15) is 0 Å². The number of hydrogen-bond donors (Lipinski definition) is 2. The fourth-order valence-electron chi connectivity index (χ4n) is 2.24. The van der Waals surface area contributed by atoms with Crippen molar-refractivity contribution in [2.75, 3.05) is 32.7 Å². The van der Waals surface area contributed by atoms with E-state index in [0.29, 0.717) is 19.6 Å². The molecule has 4 N–H and O–H groups in total. The predicted octanol–water partition coefficient (Wildman–Crippen LogP) is -0.867. The third kappa shape index (κ3) is 4.62. The van der Waals surface area contributed by atoms with Gasteiger partial charge in [0.25, 0.3) is 0 Å². The first-order valence-electron chi connectivity index (χ1n) is 6.59. The smallest absolute Gasteiger partial charge is 0.239 e. The Kier molecular flexibility index (Phi) is 6.07. The summed E-state index contributed by atoms with van der Waals surface area (Å²) >= 11 is 0. The van der Waals surface area contributed by atoms with E-state index in [2.05, 4.69) is 0 Å². The van der Waals surface area contributed by atoms with Crippen molar-refractivity contribution in [3.63, 3.8) is 0 Å². The quantitative estimate of drug-likeness (QED) is 0.669. The number of carbonyl (C=O) groups is 2. The van der Waals surface area contributed by atoms with Crippen LogP contribution in [0.15, 0.2) is 0 Å². The molecule has 2 amide bonds. The molecule has 1 fully saturated rings. The summed E-state index contributed by atoms with van der Waals surface area (Å²) in [5.41, 5.74) is 11.0. The van der Waals surface area contributed by atoms with Gasteiger partial charge in [-0.1, -0.05) is 13.3 Å². The lowest BCUT2D eigenvalue weighted by Gasteiger charge is -2.24. The van der Waals surface area contributed by atoms with Gasteiger partial charge in [-0.05, 0) is 12.8 Å². The molecular formula is C12H24N4O2. The Bertz CT molecular complexity index is 296. The molecule has 0 aromatic carbocycles. The highest BCUT2D eigenvalue weighted by Crippen LogP contribution is 2.06. The van der Waals surface area contributed by atoms with E-state index in [1.165, 1.54) is 0 Å². The van der Waals surface area contributed by atoms with E-state index in [0.717, 1.165) is 25.8 Å². The summed E-state index contributed by atoms with van der Waals surface area (Å²) in [4.78, 5) is 26.7. The molecule has 0 aromatic heterocycles. The van der Waals surface area contributed by atoms with Crippen LogP contribution in [0.5, 0.6) is 0 Å². The molecule has 1 aliphatic heterocycles. The number of hydrogen-bond acceptors (Lipinski definition) is 4. The average Bonchev–Trinajstić information content (AvgIpc) is 2.53. The molecule has 0 bridgehead atoms. The average molecular weight is 256 g/mol. The van der Waals surface area contributed by atoms with E-state index >= 15 is 0 Å². The Balaban J connectivity index is 2.46. The van der Waals surface area contributed by atoms with E-state index in [1.54, 1.807) is 4.90 Å². The summed E-state index contributed by atoms with van der Waals surface area (Å²) in [7, 11) is 0.